The lowest BCUT2D eigenvalue weighted by Crippen LogP contribution is -2.00. The van der Waals surface area contributed by atoms with E-state index < -0.39 is 0 Å². The predicted octanol–water partition coefficient (Wildman–Crippen LogP) is 1.77. The number of aryl methyl sites for hydroxylation is 1. The Morgan fingerprint density at radius 2 is 2.00 bits per heavy atom. The number of rotatable bonds is 2. The Bertz CT molecular complexity index is 419. The molecule has 2 rings (SSSR count). The molecule has 0 radical (unpaired) electrons. The lowest BCUT2D eigenvalue weighted by molar-refractivity contribution is 0.621. The van der Waals surface area contributed by atoms with Crippen molar-refractivity contribution in [2.24, 2.45) is 0 Å². The van der Waals surface area contributed by atoms with Gasteiger partial charge in [-0.2, -0.15) is 0 Å². The Kier molecular flexibility index (Phi) is 2.26. The van der Waals surface area contributed by atoms with Crippen molar-refractivity contribution < 1.29 is 4.39 Å². The summed E-state index contributed by atoms with van der Waals surface area (Å²) < 4.78 is 14.3. The molecule has 3 nitrogen and oxygen atoms in total. The normalized spacial score (nSPS) is 10.4. The molecule has 0 aliphatic rings. The van der Waals surface area contributed by atoms with Gasteiger partial charge in [-0.15, -0.1) is 5.10 Å². The maximum absolute atomic E-state index is 12.6. The average molecular weight is 191 g/mol. The Balaban J connectivity index is 2.15. The highest BCUT2D eigenvalue weighted by Crippen LogP contribution is 2.04. The Hall–Kier alpha value is -1.71. The molecule has 1 aromatic heterocycles. The molecule has 1 heterocycles. The molecule has 0 unspecified atom stereocenters. The molecule has 72 valence electrons. The average Bonchev–Trinajstić information content (AvgIpc) is 2.56. The third-order valence-electron chi connectivity index (χ3n) is 1.91. The minimum Gasteiger partial charge on any atom is -0.248 e. The standard InChI is InChI=1S/C10H10FN3/c1-8-6-14(13-12-8)7-9-2-4-10(11)5-3-9/h2-6H,7H2,1H3. The van der Waals surface area contributed by atoms with Crippen molar-refractivity contribution in [3.05, 3.63) is 47.5 Å². The van der Waals surface area contributed by atoms with Gasteiger partial charge in [0.15, 0.2) is 0 Å². The molecule has 4 heteroatoms. The number of aromatic nitrogens is 3. The summed E-state index contributed by atoms with van der Waals surface area (Å²) in [6.07, 6.45) is 1.85. The van der Waals surface area contributed by atoms with Crippen molar-refractivity contribution >= 4 is 0 Å². The van der Waals surface area contributed by atoms with E-state index in [1.807, 2.05) is 13.1 Å². The first-order valence-corrected chi connectivity index (χ1v) is 4.35. The summed E-state index contributed by atoms with van der Waals surface area (Å²) in [5.74, 6) is -0.219. The number of hydrogen-bond donors (Lipinski definition) is 0. The summed E-state index contributed by atoms with van der Waals surface area (Å²) in [5, 5.41) is 7.78. The van der Waals surface area contributed by atoms with Crippen LogP contribution >= 0.6 is 0 Å². The molecule has 1 aromatic carbocycles. The van der Waals surface area contributed by atoms with Gasteiger partial charge in [0.2, 0.25) is 0 Å². The van der Waals surface area contributed by atoms with Gasteiger partial charge in [-0.1, -0.05) is 17.3 Å². The molecule has 0 amide bonds. The van der Waals surface area contributed by atoms with Gasteiger partial charge in [0, 0.05) is 6.20 Å². The second-order valence-corrected chi connectivity index (χ2v) is 3.18. The van der Waals surface area contributed by atoms with Gasteiger partial charge in [-0.05, 0) is 24.6 Å². The second kappa shape index (κ2) is 3.57. The van der Waals surface area contributed by atoms with Gasteiger partial charge in [0.1, 0.15) is 5.82 Å². The SMILES string of the molecule is Cc1cn(Cc2ccc(F)cc2)nn1. The Morgan fingerprint density at radius 1 is 1.29 bits per heavy atom. The second-order valence-electron chi connectivity index (χ2n) is 3.18. The van der Waals surface area contributed by atoms with Gasteiger partial charge < -0.3 is 0 Å². The van der Waals surface area contributed by atoms with E-state index in [0.29, 0.717) is 6.54 Å². The van der Waals surface area contributed by atoms with E-state index in [4.69, 9.17) is 0 Å². The van der Waals surface area contributed by atoms with Crippen LogP contribution in [0.5, 0.6) is 0 Å². The fourth-order valence-electron chi connectivity index (χ4n) is 1.25. The molecule has 0 aliphatic carbocycles. The van der Waals surface area contributed by atoms with E-state index >= 15 is 0 Å². The molecule has 0 atom stereocenters. The summed E-state index contributed by atoms with van der Waals surface area (Å²) in [6.45, 7) is 2.51. The van der Waals surface area contributed by atoms with Crippen molar-refractivity contribution in [3.63, 3.8) is 0 Å². The number of benzene rings is 1. The molecule has 0 saturated carbocycles. The van der Waals surface area contributed by atoms with E-state index in [9.17, 15) is 4.39 Å². The summed E-state index contributed by atoms with van der Waals surface area (Å²) in [5.41, 5.74) is 1.89. The number of hydrogen-bond acceptors (Lipinski definition) is 2. The maximum Gasteiger partial charge on any atom is 0.123 e. The van der Waals surface area contributed by atoms with E-state index in [1.54, 1.807) is 16.8 Å². The summed E-state index contributed by atoms with van der Waals surface area (Å²) >= 11 is 0. The van der Waals surface area contributed by atoms with Crippen LogP contribution in [0.4, 0.5) is 4.39 Å². The molecule has 0 aliphatic heterocycles. The monoisotopic (exact) mass is 191 g/mol. The van der Waals surface area contributed by atoms with Crippen molar-refractivity contribution in [3.8, 4) is 0 Å². The quantitative estimate of drug-likeness (QED) is 0.724. The third kappa shape index (κ3) is 1.96. The summed E-state index contributed by atoms with van der Waals surface area (Å²) in [6, 6.07) is 6.37. The molecule has 0 fully saturated rings. The zero-order valence-electron chi connectivity index (χ0n) is 7.81. The first-order valence-electron chi connectivity index (χ1n) is 4.35. The fourth-order valence-corrected chi connectivity index (χ4v) is 1.25. The molecule has 0 spiro atoms. The highest BCUT2D eigenvalue weighted by Gasteiger charge is 1.97. The van der Waals surface area contributed by atoms with Gasteiger partial charge >= 0.3 is 0 Å². The molecular formula is C10H10FN3. The van der Waals surface area contributed by atoms with Crippen LogP contribution in [0, 0.1) is 12.7 Å². The van der Waals surface area contributed by atoms with Crippen LogP contribution in [0.15, 0.2) is 30.5 Å². The van der Waals surface area contributed by atoms with Crippen LogP contribution in [0.2, 0.25) is 0 Å². The Morgan fingerprint density at radius 3 is 2.57 bits per heavy atom. The van der Waals surface area contributed by atoms with Gasteiger partial charge in [0.05, 0.1) is 12.2 Å². The smallest absolute Gasteiger partial charge is 0.123 e. The Labute approximate surface area is 81.2 Å². The van der Waals surface area contributed by atoms with Crippen molar-refractivity contribution in [1.29, 1.82) is 0 Å². The fraction of sp³-hybridized carbons (Fsp3) is 0.200. The van der Waals surface area contributed by atoms with Crippen LogP contribution in [0.25, 0.3) is 0 Å². The van der Waals surface area contributed by atoms with Crippen molar-refractivity contribution in [2.45, 2.75) is 13.5 Å². The van der Waals surface area contributed by atoms with Crippen LogP contribution < -0.4 is 0 Å². The lowest BCUT2D eigenvalue weighted by atomic mass is 10.2. The van der Waals surface area contributed by atoms with Crippen molar-refractivity contribution in [1.82, 2.24) is 15.0 Å². The highest BCUT2D eigenvalue weighted by atomic mass is 19.1. The number of nitrogens with zero attached hydrogens (tertiary/aromatic N) is 3. The van der Waals surface area contributed by atoms with Gasteiger partial charge in [-0.3, -0.25) is 0 Å². The molecule has 14 heavy (non-hydrogen) atoms. The zero-order chi connectivity index (χ0) is 9.97. The van der Waals surface area contributed by atoms with Crippen LogP contribution in [-0.2, 0) is 6.54 Å². The van der Waals surface area contributed by atoms with E-state index in [0.717, 1.165) is 11.3 Å². The first kappa shape index (κ1) is 8.87. The van der Waals surface area contributed by atoms with Crippen LogP contribution in [-0.4, -0.2) is 15.0 Å². The largest absolute Gasteiger partial charge is 0.248 e. The lowest BCUT2D eigenvalue weighted by Gasteiger charge is -1.99. The van der Waals surface area contributed by atoms with Gasteiger partial charge in [0.25, 0.3) is 0 Å². The number of halogens is 1. The topological polar surface area (TPSA) is 30.7 Å². The van der Waals surface area contributed by atoms with E-state index in [2.05, 4.69) is 10.3 Å². The van der Waals surface area contributed by atoms with Crippen LogP contribution in [0.3, 0.4) is 0 Å². The van der Waals surface area contributed by atoms with E-state index in [1.165, 1.54) is 12.1 Å². The third-order valence-corrected chi connectivity index (χ3v) is 1.91. The minimum atomic E-state index is -0.219. The summed E-state index contributed by atoms with van der Waals surface area (Å²) in [7, 11) is 0. The summed E-state index contributed by atoms with van der Waals surface area (Å²) in [4.78, 5) is 0. The molecule has 0 bridgehead atoms. The molecule has 2 aromatic rings. The predicted molar refractivity (Wildman–Crippen MR) is 50.3 cm³/mol. The van der Waals surface area contributed by atoms with Gasteiger partial charge in [-0.25, -0.2) is 9.07 Å². The van der Waals surface area contributed by atoms with E-state index in [-0.39, 0.29) is 5.82 Å². The van der Waals surface area contributed by atoms with Crippen molar-refractivity contribution in [2.75, 3.05) is 0 Å². The van der Waals surface area contributed by atoms with Crippen LogP contribution in [0.1, 0.15) is 11.3 Å². The minimum absolute atomic E-state index is 0.219. The highest BCUT2D eigenvalue weighted by molar-refractivity contribution is 5.16. The molecular weight excluding hydrogens is 181 g/mol. The molecule has 0 saturated heterocycles. The molecule has 0 N–H and O–H groups in total. The zero-order valence-corrected chi connectivity index (χ0v) is 7.81. The first-order chi connectivity index (χ1) is 6.74. The maximum atomic E-state index is 12.6.